The highest BCUT2D eigenvalue weighted by atomic mass is 32.2. The van der Waals surface area contributed by atoms with Gasteiger partial charge in [0.15, 0.2) is 9.84 Å². The number of carbonyl (C=O) groups excluding carboxylic acids is 2. The number of fused-ring (bicyclic) bond motifs is 1. The minimum absolute atomic E-state index is 0.0129. The van der Waals surface area contributed by atoms with Crippen molar-refractivity contribution in [2.75, 3.05) is 24.5 Å². The van der Waals surface area contributed by atoms with E-state index in [0.29, 0.717) is 13.0 Å². The van der Waals surface area contributed by atoms with Gasteiger partial charge in [-0.3, -0.25) is 9.59 Å². The molecule has 0 radical (unpaired) electrons. The lowest BCUT2D eigenvalue weighted by atomic mass is 10.1. The molecule has 1 fully saturated rings. The summed E-state index contributed by atoms with van der Waals surface area (Å²) in [4.78, 5) is 27.7. The predicted molar refractivity (Wildman–Crippen MR) is 99.9 cm³/mol. The van der Waals surface area contributed by atoms with Crippen molar-refractivity contribution in [2.45, 2.75) is 56.1 Å². The minimum atomic E-state index is -3.58. The maximum absolute atomic E-state index is 12.9. The molecule has 0 aromatic heterocycles. The Labute approximate surface area is 155 Å². The molecule has 3 rings (SSSR count). The summed E-state index contributed by atoms with van der Waals surface area (Å²) in [7, 11) is -3.58. The number of benzene rings is 1. The van der Waals surface area contributed by atoms with Crippen LogP contribution in [0, 0.1) is 0 Å². The van der Waals surface area contributed by atoms with Crippen LogP contribution in [0.5, 0.6) is 0 Å². The first-order chi connectivity index (χ1) is 12.3. The Morgan fingerprint density at radius 3 is 2.46 bits per heavy atom. The zero-order chi connectivity index (χ0) is 18.9. The fourth-order valence-corrected chi connectivity index (χ4v) is 5.13. The van der Waals surface area contributed by atoms with E-state index in [9.17, 15) is 18.0 Å². The van der Waals surface area contributed by atoms with Crippen molar-refractivity contribution in [1.29, 1.82) is 0 Å². The molecular weight excluding hydrogens is 352 g/mol. The van der Waals surface area contributed by atoms with Gasteiger partial charge in [0.2, 0.25) is 11.8 Å². The van der Waals surface area contributed by atoms with Gasteiger partial charge in [-0.1, -0.05) is 0 Å². The molecule has 6 nitrogen and oxygen atoms in total. The summed E-state index contributed by atoms with van der Waals surface area (Å²) in [5.41, 5.74) is 1.66. The van der Waals surface area contributed by atoms with Crippen LogP contribution in [0.4, 0.5) is 5.69 Å². The number of amides is 2. The monoisotopic (exact) mass is 378 g/mol. The van der Waals surface area contributed by atoms with E-state index in [4.69, 9.17) is 0 Å². The van der Waals surface area contributed by atoms with E-state index in [2.05, 4.69) is 0 Å². The fourth-order valence-electron chi connectivity index (χ4n) is 3.74. The lowest BCUT2D eigenvalue weighted by Gasteiger charge is -2.27. The van der Waals surface area contributed by atoms with Gasteiger partial charge in [0.1, 0.15) is 0 Å². The molecule has 2 heterocycles. The molecule has 1 saturated heterocycles. The van der Waals surface area contributed by atoms with Crippen molar-refractivity contribution in [3.05, 3.63) is 23.8 Å². The van der Waals surface area contributed by atoms with Crippen LogP contribution >= 0.6 is 0 Å². The van der Waals surface area contributed by atoms with E-state index in [1.54, 1.807) is 34.9 Å². The average Bonchev–Trinajstić information content (AvgIpc) is 3.05. The van der Waals surface area contributed by atoms with Gasteiger partial charge in [0.05, 0.1) is 10.1 Å². The molecule has 0 saturated carbocycles. The Bertz CT molecular complexity index is 813. The van der Waals surface area contributed by atoms with Crippen LogP contribution in [0.15, 0.2) is 23.1 Å². The first kappa shape index (κ1) is 18.9. The zero-order valence-electron chi connectivity index (χ0n) is 15.4. The molecule has 0 aliphatic carbocycles. The Balaban J connectivity index is 1.75. The number of anilines is 1. The second-order valence-corrected chi connectivity index (χ2v) is 9.58. The number of hydrogen-bond acceptors (Lipinski definition) is 4. The molecule has 2 amide bonds. The topological polar surface area (TPSA) is 74.8 Å². The Hall–Kier alpha value is -1.89. The molecule has 0 bridgehead atoms. The summed E-state index contributed by atoms with van der Waals surface area (Å²) in [5.74, 6) is -0.121. The van der Waals surface area contributed by atoms with Gasteiger partial charge in [-0.15, -0.1) is 0 Å². The standard InChI is InChI=1S/C19H26N2O4S/c1-14(12-19(23)20-9-4-3-5-10-20)26(24,25)17-6-7-18-16(13-17)8-11-21(18)15(2)22/h6-7,13-14H,3-5,8-12H2,1-2H3. The van der Waals surface area contributed by atoms with E-state index in [1.807, 2.05) is 0 Å². The van der Waals surface area contributed by atoms with Crippen molar-refractivity contribution < 1.29 is 18.0 Å². The van der Waals surface area contributed by atoms with Crippen LogP contribution in [0.3, 0.4) is 0 Å². The van der Waals surface area contributed by atoms with Crippen molar-refractivity contribution >= 4 is 27.3 Å². The van der Waals surface area contributed by atoms with Crippen LogP contribution < -0.4 is 4.90 Å². The van der Waals surface area contributed by atoms with E-state index in [-0.39, 0.29) is 23.1 Å². The molecule has 7 heteroatoms. The highest BCUT2D eigenvalue weighted by Crippen LogP contribution is 2.31. The van der Waals surface area contributed by atoms with Crippen molar-refractivity contribution in [1.82, 2.24) is 4.90 Å². The number of carbonyl (C=O) groups is 2. The number of rotatable bonds is 4. The van der Waals surface area contributed by atoms with Gasteiger partial charge >= 0.3 is 0 Å². The molecule has 1 atom stereocenters. The highest BCUT2D eigenvalue weighted by Gasteiger charge is 2.30. The van der Waals surface area contributed by atoms with Crippen LogP contribution in [0.1, 0.15) is 45.1 Å². The van der Waals surface area contributed by atoms with Crippen LogP contribution in [0.25, 0.3) is 0 Å². The van der Waals surface area contributed by atoms with Crippen LogP contribution in [-0.2, 0) is 25.8 Å². The first-order valence-corrected chi connectivity index (χ1v) is 10.8. The maximum atomic E-state index is 12.9. The number of hydrogen-bond donors (Lipinski definition) is 0. The zero-order valence-corrected chi connectivity index (χ0v) is 16.2. The van der Waals surface area contributed by atoms with Crippen molar-refractivity contribution in [3.8, 4) is 0 Å². The molecule has 2 aliphatic rings. The van der Waals surface area contributed by atoms with Crippen molar-refractivity contribution in [2.24, 2.45) is 0 Å². The summed E-state index contributed by atoms with van der Waals surface area (Å²) in [6.07, 6.45) is 3.77. The summed E-state index contributed by atoms with van der Waals surface area (Å²) in [5, 5.41) is -0.764. The van der Waals surface area contributed by atoms with E-state index in [1.165, 1.54) is 6.92 Å². The quantitative estimate of drug-likeness (QED) is 0.805. The Kier molecular flexibility index (Phi) is 5.37. The van der Waals surface area contributed by atoms with Gasteiger partial charge in [-0.25, -0.2) is 8.42 Å². The van der Waals surface area contributed by atoms with Crippen LogP contribution in [-0.4, -0.2) is 50.0 Å². The second kappa shape index (κ2) is 7.39. The maximum Gasteiger partial charge on any atom is 0.223 e. The van der Waals surface area contributed by atoms with E-state index in [0.717, 1.165) is 43.6 Å². The van der Waals surface area contributed by atoms with Gasteiger partial charge in [0.25, 0.3) is 0 Å². The molecule has 1 unspecified atom stereocenters. The molecule has 2 aliphatic heterocycles. The summed E-state index contributed by atoms with van der Waals surface area (Å²) in [6.45, 7) is 5.15. The first-order valence-electron chi connectivity index (χ1n) is 9.23. The molecule has 1 aromatic rings. The number of sulfone groups is 1. The van der Waals surface area contributed by atoms with Crippen LogP contribution in [0.2, 0.25) is 0 Å². The number of likely N-dealkylation sites (tertiary alicyclic amines) is 1. The highest BCUT2D eigenvalue weighted by molar-refractivity contribution is 7.92. The molecule has 1 aromatic carbocycles. The van der Waals surface area contributed by atoms with Gasteiger partial charge < -0.3 is 9.80 Å². The molecule has 26 heavy (non-hydrogen) atoms. The Morgan fingerprint density at radius 2 is 1.81 bits per heavy atom. The minimum Gasteiger partial charge on any atom is -0.343 e. The smallest absolute Gasteiger partial charge is 0.223 e. The lowest BCUT2D eigenvalue weighted by molar-refractivity contribution is -0.132. The fraction of sp³-hybridized carbons (Fsp3) is 0.579. The third-order valence-electron chi connectivity index (χ3n) is 5.36. The van der Waals surface area contributed by atoms with E-state index >= 15 is 0 Å². The van der Waals surface area contributed by atoms with E-state index < -0.39 is 15.1 Å². The summed E-state index contributed by atoms with van der Waals surface area (Å²) in [6, 6.07) is 4.92. The summed E-state index contributed by atoms with van der Waals surface area (Å²) < 4.78 is 25.8. The van der Waals surface area contributed by atoms with Gasteiger partial charge in [-0.2, -0.15) is 0 Å². The average molecular weight is 378 g/mol. The number of piperidine rings is 1. The number of nitrogens with zero attached hydrogens (tertiary/aromatic N) is 2. The lowest BCUT2D eigenvalue weighted by Crippen LogP contribution is -2.38. The van der Waals surface area contributed by atoms with Gasteiger partial charge in [0, 0.05) is 38.7 Å². The third kappa shape index (κ3) is 3.63. The SMILES string of the molecule is CC(=O)N1CCc2cc(S(=O)(=O)C(C)CC(=O)N3CCCCC3)ccc21. The summed E-state index contributed by atoms with van der Waals surface area (Å²) >= 11 is 0. The molecule has 142 valence electrons. The normalized spacial score (nSPS) is 18.5. The second-order valence-electron chi connectivity index (χ2n) is 7.21. The third-order valence-corrected chi connectivity index (χ3v) is 7.49. The molecule has 0 spiro atoms. The molecule has 0 N–H and O–H groups in total. The largest absolute Gasteiger partial charge is 0.343 e. The molecular formula is C19H26N2O4S. The van der Waals surface area contributed by atoms with Crippen molar-refractivity contribution in [3.63, 3.8) is 0 Å². The Morgan fingerprint density at radius 1 is 1.12 bits per heavy atom. The van der Waals surface area contributed by atoms with Gasteiger partial charge in [-0.05, 0) is 56.4 Å². The predicted octanol–water partition coefficient (Wildman–Crippen LogP) is 2.16.